The van der Waals surface area contributed by atoms with Crippen LogP contribution in [0.15, 0.2) is 30.3 Å². The first-order chi connectivity index (χ1) is 13.1. The average Bonchev–Trinajstić information content (AvgIpc) is 3.24. The zero-order chi connectivity index (χ0) is 18.8. The highest BCUT2D eigenvalue weighted by molar-refractivity contribution is 7.20. The summed E-state index contributed by atoms with van der Waals surface area (Å²) in [6.45, 7) is 4.66. The molecule has 6 nitrogen and oxygen atoms in total. The van der Waals surface area contributed by atoms with Gasteiger partial charge in [-0.1, -0.05) is 29.8 Å². The number of halogens is 1. The number of aromatic nitrogens is 2. The Morgan fingerprint density at radius 1 is 1.41 bits per heavy atom. The lowest BCUT2D eigenvalue weighted by Crippen LogP contribution is -2.39. The van der Waals surface area contributed by atoms with Gasteiger partial charge in [0.1, 0.15) is 4.83 Å². The summed E-state index contributed by atoms with van der Waals surface area (Å²) in [5.41, 5.74) is 1.90. The number of nitrogens with zero attached hydrogens (tertiary/aromatic N) is 2. The molecule has 27 heavy (non-hydrogen) atoms. The molecule has 1 fully saturated rings. The summed E-state index contributed by atoms with van der Waals surface area (Å²) in [5, 5.41) is 9.25. The minimum Gasteiger partial charge on any atom is -0.376 e. The lowest BCUT2D eigenvalue weighted by Gasteiger charge is -2.22. The van der Waals surface area contributed by atoms with E-state index >= 15 is 0 Å². The molecule has 3 aromatic rings. The number of amides is 1. The number of ether oxygens (including phenoxy) is 2. The second kappa shape index (κ2) is 7.98. The van der Waals surface area contributed by atoms with Crippen LogP contribution in [0.2, 0.25) is 5.02 Å². The summed E-state index contributed by atoms with van der Waals surface area (Å²) >= 11 is 7.72. The molecule has 0 unspecified atom stereocenters. The molecule has 8 heteroatoms. The number of carbonyl (C=O) groups excluding carboxylic acids is 1. The number of thiophene rings is 1. The maximum absolute atomic E-state index is 12.5. The van der Waals surface area contributed by atoms with Crippen molar-refractivity contribution in [1.82, 2.24) is 15.1 Å². The van der Waals surface area contributed by atoms with E-state index in [1.807, 2.05) is 41.9 Å². The fourth-order valence-corrected chi connectivity index (χ4v) is 4.34. The van der Waals surface area contributed by atoms with Crippen LogP contribution in [0, 0.1) is 6.92 Å². The molecular weight excluding hydrogens is 386 g/mol. The number of rotatable bonds is 5. The van der Waals surface area contributed by atoms with Gasteiger partial charge in [-0.3, -0.25) is 9.48 Å². The van der Waals surface area contributed by atoms with E-state index in [4.69, 9.17) is 21.1 Å². The Balaban J connectivity index is 1.51. The molecule has 2 aromatic heterocycles. The van der Waals surface area contributed by atoms with Crippen LogP contribution in [0.4, 0.5) is 0 Å². The Hall–Kier alpha value is -1.93. The topological polar surface area (TPSA) is 65.4 Å². The molecule has 1 amide bonds. The van der Waals surface area contributed by atoms with Gasteiger partial charge < -0.3 is 14.8 Å². The number of aryl methyl sites for hydroxylation is 1. The summed E-state index contributed by atoms with van der Waals surface area (Å²) in [6.07, 6.45) is -0.0884. The Bertz CT molecular complexity index is 962. The van der Waals surface area contributed by atoms with Crippen molar-refractivity contribution in [3.63, 3.8) is 0 Å². The van der Waals surface area contributed by atoms with E-state index in [0.29, 0.717) is 42.8 Å². The molecule has 1 saturated heterocycles. The van der Waals surface area contributed by atoms with Crippen LogP contribution in [-0.4, -0.2) is 48.2 Å². The largest absolute Gasteiger partial charge is 0.376 e. The zero-order valence-corrected chi connectivity index (χ0v) is 16.5. The quantitative estimate of drug-likeness (QED) is 0.707. The van der Waals surface area contributed by atoms with Gasteiger partial charge in [0, 0.05) is 17.0 Å². The monoisotopic (exact) mass is 405 g/mol. The molecule has 1 atom stereocenters. The summed E-state index contributed by atoms with van der Waals surface area (Å²) in [5.74, 6) is -0.103. The van der Waals surface area contributed by atoms with Gasteiger partial charge >= 0.3 is 0 Å². The molecule has 1 N–H and O–H groups in total. The van der Waals surface area contributed by atoms with E-state index in [1.54, 1.807) is 0 Å². The van der Waals surface area contributed by atoms with Crippen molar-refractivity contribution < 1.29 is 14.3 Å². The predicted molar refractivity (Wildman–Crippen MR) is 106 cm³/mol. The van der Waals surface area contributed by atoms with E-state index in [0.717, 1.165) is 21.5 Å². The minimum atomic E-state index is -0.103. The number of benzene rings is 1. The first kappa shape index (κ1) is 18.4. The summed E-state index contributed by atoms with van der Waals surface area (Å²) in [7, 11) is 0. The van der Waals surface area contributed by atoms with Crippen LogP contribution in [0.25, 0.3) is 10.2 Å². The number of carbonyl (C=O) groups is 1. The zero-order valence-electron chi connectivity index (χ0n) is 14.9. The third-order valence-corrected chi connectivity index (χ3v) is 6.00. The summed E-state index contributed by atoms with van der Waals surface area (Å²) in [6, 6.07) is 9.62. The van der Waals surface area contributed by atoms with Crippen molar-refractivity contribution >= 4 is 39.1 Å². The molecule has 0 spiro atoms. The van der Waals surface area contributed by atoms with Gasteiger partial charge in [-0.15, -0.1) is 11.3 Å². The number of hydrogen-bond acceptors (Lipinski definition) is 5. The number of nitrogens with one attached hydrogen (secondary N) is 1. The molecule has 142 valence electrons. The Kier molecular flexibility index (Phi) is 5.45. The van der Waals surface area contributed by atoms with Crippen LogP contribution in [0.3, 0.4) is 0 Å². The molecule has 1 aliphatic heterocycles. The molecule has 0 saturated carbocycles. The Labute approximate surface area is 166 Å². The molecule has 1 aliphatic rings. The standard InChI is InChI=1S/C19H20ClN3O3S/c1-12-15-8-17(18(24)21-9-14-11-25-6-7-26-14)27-19(15)23(22-12)10-13-4-2-3-5-16(13)20/h2-5,8,14H,6-7,9-11H2,1H3,(H,21,24)/t14-/m0/s1. The molecule has 0 radical (unpaired) electrons. The first-order valence-corrected chi connectivity index (χ1v) is 9.99. The van der Waals surface area contributed by atoms with Crippen molar-refractivity contribution in [3.8, 4) is 0 Å². The van der Waals surface area contributed by atoms with Gasteiger partial charge in [-0.2, -0.15) is 5.10 Å². The highest BCUT2D eigenvalue weighted by Crippen LogP contribution is 2.29. The van der Waals surface area contributed by atoms with E-state index < -0.39 is 0 Å². The lowest BCUT2D eigenvalue weighted by atomic mass is 10.2. The molecular formula is C19H20ClN3O3S. The van der Waals surface area contributed by atoms with Crippen molar-refractivity contribution in [2.24, 2.45) is 0 Å². The first-order valence-electron chi connectivity index (χ1n) is 8.79. The van der Waals surface area contributed by atoms with Gasteiger partial charge in [0.2, 0.25) is 0 Å². The van der Waals surface area contributed by atoms with Gasteiger partial charge in [-0.25, -0.2) is 0 Å². The molecule has 3 heterocycles. The van der Waals surface area contributed by atoms with Gasteiger partial charge in [0.15, 0.2) is 0 Å². The van der Waals surface area contributed by atoms with Gasteiger partial charge in [-0.05, 0) is 24.6 Å². The van der Waals surface area contributed by atoms with Crippen LogP contribution < -0.4 is 5.32 Å². The van der Waals surface area contributed by atoms with Gasteiger partial charge in [0.25, 0.3) is 5.91 Å². The Morgan fingerprint density at radius 2 is 2.26 bits per heavy atom. The Morgan fingerprint density at radius 3 is 3.04 bits per heavy atom. The third-order valence-electron chi connectivity index (χ3n) is 4.48. The van der Waals surface area contributed by atoms with Crippen LogP contribution in [-0.2, 0) is 16.0 Å². The van der Waals surface area contributed by atoms with Crippen molar-refractivity contribution in [1.29, 1.82) is 0 Å². The fourth-order valence-electron chi connectivity index (χ4n) is 3.07. The summed E-state index contributed by atoms with van der Waals surface area (Å²) < 4.78 is 12.8. The number of fused-ring (bicyclic) bond motifs is 1. The van der Waals surface area contributed by atoms with Gasteiger partial charge in [0.05, 0.1) is 43.0 Å². The smallest absolute Gasteiger partial charge is 0.261 e. The number of hydrogen-bond donors (Lipinski definition) is 1. The van der Waals surface area contributed by atoms with E-state index in [9.17, 15) is 4.79 Å². The second-order valence-corrected chi connectivity index (χ2v) is 7.88. The van der Waals surface area contributed by atoms with E-state index in [-0.39, 0.29) is 12.0 Å². The van der Waals surface area contributed by atoms with Crippen molar-refractivity contribution in [2.75, 3.05) is 26.4 Å². The highest BCUT2D eigenvalue weighted by atomic mass is 35.5. The van der Waals surface area contributed by atoms with E-state index in [1.165, 1.54) is 11.3 Å². The fraction of sp³-hybridized carbons (Fsp3) is 0.368. The minimum absolute atomic E-state index is 0.0884. The van der Waals surface area contributed by atoms with Crippen LogP contribution in [0.5, 0.6) is 0 Å². The SMILES string of the molecule is Cc1nn(Cc2ccccc2Cl)c2sc(C(=O)NC[C@H]3COCCO3)cc12. The molecule has 0 bridgehead atoms. The van der Waals surface area contributed by atoms with Crippen LogP contribution >= 0.6 is 22.9 Å². The molecule has 4 rings (SSSR count). The van der Waals surface area contributed by atoms with Crippen molar-refractivity contribution in [3.05, 3.63) is 51.5 Å². The normalized spacial score (nSPS) is 17.3. The second-order valence-electron chi connectivity index (χ2n) is 6.44. The summed E-state index contributed by atoms with van der Waals surface area (Å²) in [4.78, 5) is 14.2. The lowest BCUT2D eigenvalue weighted by molar-refractivity contribution is -0.0855. The third kappa shape index (κ3) is 4.01. The highest BCUT2D eigenvalue weighted by Gasteiger charge is 2.19. The molecule has 1 aromatic carbocycles. The van der Waals surface area contributed by atoms with E-state index in [2.05, 4.69) is 10.4 Å². The molecule has 0 aliphatic carbocycles. The van der Waals surface area contributed by atoms with Crippen molar-refractivity contribution in [2.45, 2.75) is 19.6 Å². The maximum atomic E-state index is 12.5. The predicted octanol–water partition coefficient (Wildman–Crippen LogP) is 3.25. The average molecular weight is 406 g/mol. The van der Waals surface area contributed by atoms with Crippen LogP contribution in [0.1, 0.15) is 20.9 Å². The maximum Gasteiger partial charge on any atom is 0.261 e.